The normalized spacial score (nSPS) is 13.9. The van der Waals surface area contributed by atoms with E-state index in [1.54, 1.807) is 13.8 Å². The maximum Gasteiger partial charge on any atom is 0.341 e. The number of thioether (sulfide) groups is 1. The Morgan fingerprint density at radius 3 is 2.58 bits per heavy atom. The summed E-state index contributed by atoms with van der Waals surface area (Å²) in [6.07, 6.45) is 4.88. The quantitative estimate of drug-likeness (QED) is 0.164. The van der Waals surface area contributed by atoms with Crippen molar-refractivity contribution in [1.29, 1.82) is 0 Å². The van der Waals surface area contributed by atoms with Crippen LogP contribution in [0.2, 0.25) is 0 Å². The first kappa shape index (κ1) is 26.2. The van der Waals surface area contributed by atoms with Gasteiger partial charge in [0.25, 0.3) is 5.91 Å². The fourth-order valence-corrected chi connectivity index (χ4v) is 6.92. The zero-order valence-corrected chi connectivity index (χ0v) is 22.2. The van der Waals surface area contributed by atoms with Crippen LogP contribution in [0.1, 0.15) is 64.3 Å². The number of amides is 2. The molecule has 0 bridgehead atoms. The van der Waals surface area contributed by atoms with Crippen LogP contribution in [-0.4, -0.2) is 39.8 Å². The molecule has 2 aromatic heterocycles. The zero-order valence-electron chi connectivity index (χ0n) is 19.8. The fraction of sp³-hybridized carbons (Fsp3) is 0.375. The van der Waals surface area contributed by atoms with Gasteiger partial charge in [0.2, 0.25) is 11.0 Å². The molecule has 0 saturated carbocycles. The van der Waals surface area contributed by atoms with Gasteiger partial charge in [-0.3, -0.25) is 14.9 Å². The molecule has 3 aromatic rings. The van der Waals surface area contributed by atoms with Gasteiger partial charge in [0.05, 0.1) is 17.4 Å². The van der Waals surface area contributed by atoms with Crippen LogP contribution in [0, 0.1) is 5.82 Å². The number of anilines is 2. The van der Waals surface area contributed by atoms with Gasteiger partial charge in [-0.1, -0.05) is 29.5 Å². The number of benzene rings is 1. The van der Waals surface area contributed by atoms with Crippen LogP contribution in [-0.2, 0) is 22.4 Å². The van der Waals surface area contributed by atoms with E-state index >= 15 is 0 Å². The molecule has 4 rings (SSSR count). The minimum atomic E-state index is -0.532. The number of aryl methyl sites for hydroxylation is 1. The first-order chi connectivity index (χ1) is 17.4. The molecular weight excluding hydrogens is 523 g/mol. The Labute approximate surface area is 220 Å². The largest absolute Gasteiger partial charge is 0.462 e. The van der Waals surface area contributed by atoms with E-state index in [-0.39, 0.29) is 17.6 Å². The molecule has 0 radical (unpaired) electrons. The minimum absolute atomic E-state index is 0.264. The van der Waals surface area contributed by atoms with Crippen molar-refractivity contribution < 1.29 is 23.5 Å². The summed E-state index contributed by atoms with van der Waals surface area (Å²) in [7, 11) is 0. The maximum atomic E-state index is 13.1. The maximum absolute atomic E-state index is 13.1. The van der Waals surface area contributed by atoms with Gasteiger partial charge in [0.15, 0.2) is 4.34 Å². The number of hydrogen-bond donors (Lipinski definition) is 2. The number of rotatable bonds is 8. The number of esters is 1. The molecule has 1 aliphatic rings. The van der Waals surface area contributed by atoms with Crippen molar-refractivity contribution in [1.82, 2.24) is 10.2 Å². The second kappa shape index (κ2) is 11.9. The summed E-state index contributed by atoms with van der Waals surface area (Å²) in [4.78, 5) is 39.2. The molecule has 1 unspecified atom stereocenters. The van der Waals surface area contributed by atoms with E-state index in [0.717, 1.165) is 53.9 Å². The monoisotopic (exact) mass is 548 g/mol. The molecule has 0 aliphatic heterocycles. The number of halogens is 1. The van der Waals surface area contributed by atoms with Gasteiger partial charge in [-0.25, -0.2) is 9.18 Å². The lowest BCUT2D eigenvalue weighted by atomic mass is 10.1. The van der Waals surface area contributed by atoms with Gasteiger partial charge in [-0.05, 0) is 69.4 Å². The highest BCUT2D eigenvalue weighted by molar-refractivity contribution is 8.02. The summed E-state index contributed by atoms with van der Waals surface area (Å²) < 4.78 is 18.9. The number of fused-ring (bicyclic) bond motifs is 1. The highest BCUT2D eigenvalue weighted by Gasteiger charge is 2.28. The summed E-state index contributed by atoms with van der Waals surface area (Å²) in [6, 6.07) is 5.16. The summed E-state index contributed by atoms with van der Waals surface area (Å²) >= 11 is 3.79. The van der Waals surface area contributed by atoms with Crippen LogP contribution >= 0.6 is 34.4 Å². The first-order valence-corrected chi connectivity index (χ1v) is 14.1. The Bertz CT molecular complexity index is 1260. The van der Waals surface area contributed by atoms with Gasteiger partial charge in [-0.15, -0.1) is 21.5 Å². The number of carbonyl (C=O) groups is 3. The van der Waals surface area contributed by atoms with Gasteiger partial charge in [0.1, 0.15) is 10.8 Å². The number of aromatic nitrogens is 2. The van der Waals surface area contributed by atoms with E-state index in [1.807, 2.05) is 0 Å². The lowest BCUT2D eigenvalue weighted by Crippen LogP contribution is -2.23. The minimum Gasteiger partial charge on any atom is -0.462 e. The molecule has 1 aromatic carbocycles. The average molecular weight is 549 g/mol. The Morgan fingerprint density at radius 2 is 1.83 bits per heavy atom. The lowest BCUT2D eigenvalue weighted by Gasteiger charge is -2.11. The van der Waals surface area contributed by atoms with E-state index in [2.05, 4.69) is 20.8 Å². The van der Waals surface area contributed by atoms with Crippen LogP contribution in [0.5, 0.6) is 0 Å². The van der Waals surface area contributed by atoms with Crippen LogP contribution in [0.3, 0.4) is 0 Å². The number of hydrogen-bond acceptors (Lipinski definition) is 9. The second-order valence-electron chi connectivity index (χ2n) is 8.07. The van der Waals surface area contributed by atoms with Crippen LogP contribution in [0.15, 0.2) is 28.6 Å². The molecule has 0 spiro atoms. The van der Waals surface area contributed by atoms with Crippen molar-refractivity contribution in [3.63, 3.8) is 0 Å². The van der Waals surface area contributed by atoms with Crippen LogP contribution < -0.4 is 10.6 Å². The highest BCUT2D eigenvalue weighted by Crippen LogP contribution is 2.39. The van der Waals surface area contributed by atoms with Gasteiger partial charge in [-0.2, -0.15) is 0 Å². The molecule has 8 nitrogen and oxygen atoms in total. The van der Waals surface area contributed by atoms with Crippen molar-refractivity contribution in [2.75, 3.05) is 17.2 Å². The molecule has 2 heterocycles. The van der Waals surface area contributed by atoms with E-state index in [0.29, 0.717) is 20.5 Å². The van der Waals surface area contributed by atoms with Crippen molar-refractivity contribution in [2.24, 2.45) is 0 Å². The number of ether oxygens (including phenoxy) is 1. The van der Waals surface area contributed by atoms with Crippen molar-refractivity contribution in [2.45, 2.75) is 55.5 Å². The standard InChI is InChI=1S/C24H25FN4O4S3/c1-3-33-22(32)18-16-7-5-4-6-8-17(16)35-21(18)26-19(30)13(2)34-24-29-28-23(36-24)27-20(31)14-9-11-15(25)12-10-14/h9-13H,3-8H2,1-2H3,(H,26,30)(H,27,28,31). The molecule has 2 N–H and O–H groups in total. The van der Waals surface area contributed by atoms with Crippen molar-refractivity contribution >= 4 is 62.4 Å². The molecule has 2 amide bonds. The third kappa shape index (κ3) is 6.29. The Kier molecular flexibility index (Phi) is 8.70. The van der Waals surface area contributed by atoms with Gasteiger partial charge >= 0.3 is 5.97 Å². The number of nitrogens with zero attached hydrogens (tertiary/aromatic N) is 2. The number of thiophene rings is 1. The molecule has 1 aliphatic carbocycles. The van der Waals surface area contributed by atoms with Crippen molar-refractivity contribution in [3.8, 4) is 0 Å². The molecule has 36 heavy (non-hydrogen) atoms. The first-order valence-electron chi connectivity index (χ1n) is 11.5. The van der Waals surface area contributed by atoms with Crippen LogP contribution in [0.4, 0.5) is 14.5 Å². The van der Waals surface area contributed by atoms with E-state index in [1.165, 1.54) is 47.4 Å². The fourth-order valence-electron chi connectivity index (χ4n) is 3.75. The summed E-state index contributed by atoms with van der Waals surface area (Å²) in [5, 5.41) is 13.8. The molecule has 0 saturated heterocycles. The summed E-state index contributed by atoms with van der Waals surface area (Å²) in [6.45, 7) is 3.76. The highest BCUT2D eigenvalue weighted by atomic mass is 32.2. The topological polar surface area (TPSA) is 110 Å². The zero-order chi connectivity index (χ0) is 25.7. The predicted octanol–water partition coefficient (Wildman–Crippen LogP) is 5.56. The third-order valence-electron chi connectivity index (χ3n) is 5.52. The van der Waals surface area contributed by atoms with E-state index in [9.17, 15) is 18.8 Å². The molecule has 12 heteroatoms. The summed E-state index contributed by atoms with van der Waals surface area (Å²) in [5.74, 6) is -1.54. The predicted molar refractivity (Wildman–Crippen MR) is 140 cm³/mol. The van der Waals surface area contributed by atoms with Crippen molar-refractivity contribution in [3.05, 3.63) is 51.7 Å². The van der Waals surface area contributed by atoms with Gasteiger partial charge < -0.3 is 10.1 Å². The molecule has 190 valence electrons. The third-order valence-corrected chi connectivity index (χ3v) is 8.75. The average Bonchev–Trinajstić information content (AvgIpc) is 3.35. The number of nitrogens with one attached hydrogen (secondary N) is 2. The van der Waals surface area contributed by atoms with Crippen LogP contribution in [0.25, 0.3) is 0 Å². The Morgan fingerprint density at radius 1 is 1.08 bits per heavy atom. The second-order valence-corrected chi connectivity index (χ2v) is 11.7. The van der Waals surface area contributed by atoms with Gasteiger partial charge in [0, 0.05) is 10.4 Å². The Hall–Kier alpha value is -2.83. The molecule has 0 fully saturated rings. The SMILES string of the molecule is CCOC(=O)c1c(NC(=O)C(C)Sc2nnc(NC(=O)c3ccc(F)cc3)s2)sc2c1CCCCC2. The van der Waals surface area contributed by atoms with E-state index < -0.39 is 22.9 Å². The number of carbonyl (C=O) groups excluding carboxylic acids is 3. The lowest BCUT2D eigenvalue weighted by molar-refractivity contribution is -0.115. The molecular formula is C24H25FN4O4S3. The molecule has 1 atom stereocenters. The Balaban J connectivity index is 1.41. The summed E-state index contributed by atoms with van der Waals surface area (Å²) in [5.41, 5.74) is 1.77. The smallest absolute Gasteiger partial charge is 0.341 e. The van der Waals surface area contributed by atoms with E-state index in [4.69, 9.17) is 4.74 Å².